The van der Waals surface area contributed by atoms with E-state index in [1.54, 1.807) is 11.3 Å². The number of hydrogen-bond acceptors (Lipinski definition) is 5. The Balaban J connectivity index is 1.58. The van der Waals surface area contributed by atoms with Crippen LogP contribution in [-0.4, -0.2) is 49.9 Å². The lowest BCUT2D eigenvalue weighted by atomic mass is 9.80. The average Bonchev–Trinajstić information content (AvgIpc) is 3.16. The largest absolute Gasteiger partial charge is 0.379 e. The Morgan fingerprint density at radius 1 is 1.07 bits per heavy atom. The normalized spacial score (nSPS) is 23.6. The number of hydrogen-bond donors (Lipinski definition) is 1. The zero-order valence-electron chi connectivity index (χ0n) is 15.5. The van der Waals surface area contributed by atoms with Crippen molar-refractivity contribution in [2.75, 3.05) is 44.8 Å². The fourth-order valence-electron chi connectivity index (χ4n) is 4.41. The first-order valence-electron chi connectivity index (χ1n) is 9.48. The molecule has 5 rings (SSSR count). The third kappa shape index (κ3) is 2.95. The molecule has 0 bridgehead atoms. The number of fused-ring (bicyclic) bond motifs is 2. The topological polar surface area (TPSA) is 35.9 Å². The van der Waals surface area contributed by atoms with Gasteiger partial charge in [-0.1, -0.05) is 18.2 Å². The number of ether oxygens (including phenoxy) is 1. The van der Waals surface area contributed by atoms with Crippen LogP contribution < -0.4 is 4.90 Å². The summed E-state index contributed by atoms with van der Waals surface area (Å²) >= 11 is 1.72. The van der Waals surface area contributed by atoms with E-state index in [1.165, 1.54) is 21.3 Å². The monoisotopic (exact) mass is 380 g/mol. The van der Waals surface area contributed by atoms with Gasteiger partial charge in [0.1, 0.15) is 5.60 Å². The summed E-state index contributed by atoms with van der Waals surface area (Å²) in [4.78, 5) is 4.58. The molecule has 1 fully saturated rings. The lowest BCUT2D eigenvalue weighted by molar-refractivity contribution is 0.0284. The molecule has 1 aromatic heterocycles. The number of thiophene rings is 1. The summed E-state index contributed by atoms with van der Waals surface area (Å²) in [5, 5.41) is 15.1. The fraction of sp³-hybridized carbons (Fsp3) is 0.364. The maximum Gasteiger partial charge on any atom is 0.128 e. The van der Waals surface area contributed by atoms with Gasteiger partial charge in [0.15, 0.2) is 0 Å². The van der Waals surface area contributed by atoms with E-state index in [4.69, 9.17) is 4.74 Å². The molecule has 0 aliphatic carbocycles. The standard InChI is InChI=1S/C22H24N2O2S/c1-23-14-17-12-19(24-7-9-26-10-8-24)4-5-20(17)22(25,15-23)18-3-2-16-6-11-27-21(16)13-18/h2-6,11-13,25H,7-10,14-15H2,1H3. The van der Waals surface area contributed by atoms with E-state index in [9.17, 15) is 5.11 Å². The van der Waals surface area contributed by atoms with Crippen LogP contribution in [0.3, 0.4) is 0 Å². The molecule has 5 heteroatoms. The number of benzene rings is 2. The van der Waals surface area contributed by atoms with Crippen LogP contribution >= 0.6 is 11.3 Å². The van der Waals surface area contributed by atoms with Crippen molar-refractivity contribution < 1.29 is 9.84 Å². The number of anilines is 1. The van der Waals surface area contributed by atoms with Gasteiger partial charge < -0.3 is 14.7 Å². The highest BCUT2D eigenvalue weighted by atomic mass is 32.1. The Labute approximate surface area is 163 Å². The molecule has 1 atom stereocenters. The third-order valence-electron chi connectivity index (χ3n) is 5.78. The molecular formula is C22H24N2O2S. The Morgan fingerprint density at radius 2 is 1.93 bits per heavy atom. The predicted octanol–water partition coefficient (Wildman–Crippen LogP) is 3.42. The number of nitrogens with zero attached hydrogens (tertiary/aromatic N) is 2. The summed E-state index contributed by atoms with van der Waals surface area (Å²) in [7, 11) is 2.08. The first-order chi connectivity index (χ1) is 13.1. The van der Waals surface area contributed by atoms with E-state index in [0.717, 1.165) is 44.0 Å². The van der Waals surface area contributed by atoms with Crippen molar-refractivity contribution in [2.24, 2.45) is 0 Å². The van der Waals surface area contributed by atoms with Gasteiger partial charge in [-0.2, -0.15) is 0 Å². The lowest BCUT2D eigenvalue weighted by Crippen LogP contribution is -2.45. The summed E-state index contributed by atoms with van der Waals surface area (Å²) in [5.41, 5.74) is 3.46. The molecule has 0 radical (unpaired) electrons. The lowest BCUT2D eigenvalue weighted by Gasteiger charge is -2.40. The van der Waals surface area contributed by atoms with Gasteiger partial charge in [0.2, 0.25) is 0 Å². The molecule has 4 nitrogen and oxygen atoms in total. The van der Waals surface area contributed by atoms with Gasteiger partial charge in [0.25, 0.3) is 0 Å². The Hall–Kier alpha value is -1.92. The maximum absolute atomic E-state index is 11.8. The van der Waals surface area contributed by atoms with Crippen LogP contribution in [0.15, 0.2) is 47.8 Å². The SMILES string of the molecule is CN1Cc2cc(N3CCOCC3)ccc2C(O)(c2ccc3ccsc3c2)C1. The summed E-state index contributed by atoms with van der Waals surface area (Å²) in [6.45, 7) is 4.87. The minimum atomic E-state index is -0.982. The molecule has 1 N–H and O–H groups in total. The van der Waals surface area contributed by atoms with Crippen LogP contribution in [-0.2, 0) is 16.9 Å². The summed E-state index contributed by atoms with van der Waals surface area (Å²) in [5.74, 6) is 0. The van der Waals surface area contributed by atoms with Crippen molar-refractivity contribution in [3.63, 3.8) is 0 Å². The second-order valence-electron chi connectivity index (χ2n) is 7.65. The quantitative estimate of drug-likeness (QED) is 0.739. The molecular weight excluding hydrogens is 356 g/mol. The van der Waals surface area contributed by atoms with Crippen molar-refractivity contribution in [3.05, 3.63) is 64.5 Å². The highest BCUT2D eigenvalue weighted by Gasteiger charge is 2.38. The second-order valence-corrected chi connectivity index (χ2v) is 8.59. The van der Waals surface area contributed by atoms with E-state index in [-0.39, 0.29) is 0 Å². The molecule has 3 heterocycles. The third-order valence-corrected chi connectivity index (χ3v) is 6.66. The first kappa shape index (κ1) is 17.2. The Kier molecular flexibility index (Phi) is 4.20. The summed E-state index contributed by atoms with van der Waals surface area (Å²) < 4.78 is 6.70. The zero-order chi connectivity index (χ0) is 18.4. The molecule has 2 aliphatic heterocycles. The summed E-state index contributed by atoms with van der Waals surface area (Å²) in [6.07, 6.45) is 0. The van der Waals surface area contributed by atoms with Gasteiger partial charge in [-0.15, -0.1) is 11.3 Å². The van der Waals surface area contributed by atoms with E-state index in [2.05, 4.69) is 64.7 Å². The molecule has 2 aliphatic rings. The van der Waals surface area contributed by atoms with Gasteiger partial charge in [-0.05, 0) is 58.8 Å². The summed E-state index contributed by atoms with van der Waals surface area (Å²) in [6, 6.07) is 15.0. The predicted molar refractivity (Wildman–Crippen MR) is 111 cm³/mol. The molecule has 1 saturated heterocycles. The zero-order valence-corrected chi connectivity index (χ0v) is 16.3. The van der Waals surface area contributed by atoms with E-state index < -0.39 is 5.60 Å². The number of β-amino-alcohol motifs (C(OH)–C–C–N with tert-alkyl or cyclic N) is 1. The Bertz CT molecular complexity index is 979. The van der Waals surface area contributed by atoms with E-state index >= 15 is 0 Å². The van der Waals surface area contributed by atoms with Gasteiger partial charge in [-0.3, -0.25) is 4.90 Å². The van der Waals surface area contributed by atoms with Gasteiger partial charge >= 0.3 is 0 Å². The molecule has 0 amide bonds. The number of likely N-dealkylation sites (N-methyl/N-ethyl adjacent to an activating group) is 1. The Morgan fingerprint density at radius 3 is 2.78 bits per heavy atom. The highest BCUT2D eigenvalue weighted by Crippen LogP contribution is 2.40. The smallest absolute Gasteiger partial charge is 0.128 e. The van der Waals surface area contributed by atoms with Crippen molar-refractivity contribution in [3.8, 4) is 0 Å². The van der Waals surface area contributed by atoms with E-state index in [1.807, 2.05) is 0 Å². The molecule has 3 aromatic rings. The molecule has 0 saturated carbocycles. The molecule has 2 aromatic carbocycles. The van der Waals surface area contributed by atoms with Crippen LogP contribution in [0.4, 0.5) is 5.69 Å². The number of rotatable bonds is 2. The van der Waals surface area contributed by atoms with Crippen LogP contribution in [0, 0.1) is 0 Å². The molecule has 27 heavy (non-hydrogen) atoms. The number of morpholine rings is 1. The number of aliphatic hydroxyl groups is 1. The fourth-order valence-corrected chi connectivity index (χ4v) is 5.24. The molecule has 1 unspecified atom stereocenters. The molecule has 0 spiro atoms. The van der Waals surface area contributed by atoms with Gasteiger partial charge in [0, 0.05) is 36.6 Å². The van der Waals surface area contributed by atoms with Gasteiger partial charge in [-0.25, -0.2) is 0 Å². The minimum Gasteiger partial charge on any atom is -0.379 e. The van der Waals surface area contributed by atoms with Crippen molar-refractivity contribution in [1.82, 2.24) is 4.90 Å². The highest BCUT2D eigenvalue weighted by molar-refractivity contribution is 7.17. The van der Waals surface area contributed by atoms with Crippen LogP contribution in [0.2, 0.25) is 0 Å². The van der Waals surface area contributed by atoms with Gasteiger partial charge in [0.05, 0.1) is 13.2 Å². The van der Waals surface area contributed by atoms with Crippen molar-refractivity contribution in [1.29, 1.82) is 0 Å². The average molecular weight is 381 g/mol. The van der Waals surface area contributed by atoms with Crippen molar-refractivity contribution >= 4 is 27.1 Å². The van der Waals surface area contributed by atoms with Crippen LogP contribution in [0.1, 0.15) is 16.7 Å². The van der Waals surface area contributed by atoms with E-state index in [0.29, 0.717) is 6.54 Å². The second kappa shape index (κ2) is 6.60. The van der Waals surface area contributed by atoms with Crippen LogP contribution in [0.25, 0.3) is 10.1 Å². The first-order valence-corrected chi connectivity index (χ1v) is 10.4. The van der Waals surface area contributed by atoms with Crippen LogP contribution in [0.5, 0.6) is 0 Å². The minimum absolute atomic E-state index is 0.605. The maximum atomic E-state index is 11.8. The molecule has 140 valence electrons. The van der Waals surface area contributed by atoms with Crippen molar-refractivity contribution in [2.45, 2.75) is 12.1 Å².